The Labute approximate surface area is 126 Å². The fourth-order valence-corrected chi connectivity index (χ4v) is 3.15. The third-order valence-corrected chi connectivity index (χ3v) is 5.12. The average molecular weight is 318 g/mol. The van der Waals surface area contributed by atoms with Gasteiger partial charge >= 0.3 is 0 Å². The molecule has 0 aliphatic carbocycles. The molecule has 2 atom stereocenters. The zero-order valence-corrected chi connectivity index (χ0v) is 13.5. The third-order valence-electron chi connectivity index (χ3n) is 3.25. The summed E-state index contributed by atoms with van der Waals surface area (Å²) in [6.45, 7) is 0. The van der Waals surface area contributed by atoms with Crippen LogP contribution in [0, 0.1) is 0 Å². The predicted molar refractivity (Wildman–Crippen MR) is 79.4 cm³/mol. The minimum atomic E-state index is -0.127. The summed E-state index contributed by atoms with van der Waals surface area (Å²) >= 11 is 2.87. The fraction of sp³-hybridized carbons (Fsp3) is 0.667. The molecule has 2 aliphatic rings. The van der Waals surface area contributed by atoms with E-state index in [2.05, 4.69) is 0 Å². The Morgan fingerprint density at radius 1 is 0.800 bits per heavy atom. The number of hydrogen-bond donors (Lipinski definition) is 0. The highest BCUT2D eigenvalue weighted by atomic mass is 32.2. The first-order valence-corrected chi connectivity index (χ1v) is 8.57. The summed E-state index contributed by atoms with van der Waals surface area (Å²) in [6, 6.07) is 0. The normalized spacial score (nSPS) is 26.2. The number of nitrogens with zero attached hydrogens (tertiary/aromatic N) is 2. The van der Waals surface area contributed by atoms with Crippen molar-refractivity contribution in [2.45, 2.75) is 23.3 Å². The van der Waals surface area contributed by atoms with Crippen molar-refractivity contribution in [1.82, 2.24) is 9.80 Å². The monoisotopic (exact) mass is 318 g/mol. The second kappa shape index (κ2) is 7.12. The summed E-state index contributed by atoms with van der Waals surface area (Å²) < 4.78 is 0. The van der Waals surface area contributed by atoms with Crippen molar-refractivity contribution in [2.75, 3.05) is 26.6 Å². The number of imide groups is 2. The Morgan fingerprint density at radius 3 is 1.20 bits per heavy atom. The van der Waals surface area contributed by atoms with Crippen molar-refractivity contribution in [2.24, 2.45) is 0 Å². The van der Waals surface area contributed by atoms with Crippen LogP contribution in [-0.4, -0.2) is 70.5 Å². The van der Waals surface area contributed by atoms with E-state index in [0.717, 1.165) is 0 Å². The molecule has 0 radical (unpaired) electrons. The van der Waals surface area contributed by atoms with E-state index >= 15 is 0 Å². The van der Waals surface area contributed by atoms with Crippen LogP contribution < -0.4 is 0 Å². The highest BCUT2D eigenvalue weighted by Gasteiger charge is 2.35. The molecule has 6 nitrogen and oxygen atoms in total. The molecule has 8 heteroatoms. The van der Waals surface area contributed by atoms with Crippen molar-refractivity contribution in [3.63, 3.8) is 0 Å². The zero-order chi connectivity index (χ0) is 15.4. The van der Waals surface area contributed by atoms with Gasteiger partial charge in [-0.15, -0.1) is 0 Å². The molecular weight excluding hydrogens is 300 g/mol. The Bertz CT molecular complexity index is 401. The van der Waals surface area contributed by atoms with Gasteiger partial charge in [0.2, 0.25) is 23.6 Å². The van der Waals surface area contributed by atoms with Gasteiger partial charge in [0, 0.05) is 26.9 Å². The Kier molecular flexibility index (Phi) is 6.07. The number of carbonyl (C=O) groups excluding carboxylic acids is 4. The smallest absolute Gasteiger partial charge is 0.242 e. The first-order valence-electron chi connectivity index (χ1n) is 5.99. The van der Waals surface area contributed by atoms with Gasteiger partial charge in [-0.2, -0.15) is 23.5 Å². The molecule has 2 fully saturated rings. The zero-order valence-electron chi connectivity index (χ0n) is 11.9. The largest absolute Gasteiger partial charge is 0.285 e. The standard InChI is InChI=1S/2C6H9NO2S/c2*1-7-5(8)3-4(10-2)6(7)9/h2*4H,3H2,1-2H3. The number of hydrogen-bond acceptors (Lipinski definition) is 6. The lowest BCUT2D eigenvalue weighted by Crippen LogP contribution is -2.26. The second-order valence-corrected chi connectivity index (χ2v) is 6.52. The molecule has 112 valence electrons. The van der Waals surface area contributed by atoms with Crippen molar-refractivity contribution in [3.05, 3.63) is 0 Å². The Hall–Kier alpha value is -1.02. The van der Waals surface area contributed by atoms with Gasteiger partial charge in [0.15, 0.2) is 0 Å². The van der Waals surface area contributed by atoms with Gasteiger partial charge in [0.05, 0.1) is 10.5 Å². The minimum absolute atomic E-state index is 0.0579. The van der Waals surface area contributed by atoms with E-state index in [4.69, 9.17) is 0 Å². The van der Waals surface area contributed by atoms with Gasteiger partial charge < -0.3 is 0 Å². The number of amides is 4. The van der Waals surface area contributed by atoms with Crippen molar-refractivity contribution in [3.8, 4) is 0 Å². The van der Waals surface area contributed by atoms with Crippen molar-refractivity contribution >= 4 is 47.2 Å². The lowest BCUT2D eigenvalue weighted by molar-refractivity contribution is -0.138. The Balaban J connectivity index is 0.000000200. The highest BCUT2D eigenvalue weighted by molar-refractivity contribution is 8.00. The fourth-order valence-electron chi connectivity index (χ4n) is 1.81. The molecule has 0 N–H and O–H groups in total. The SMILES string of the molecule is CSC1CC(=O)N(C)C1=O.CSC1CC(=O)N(C)C1=O. The maximum atomic E-state index is 11.0. The van der Waals surface area contributed by atoms with Gasteiger partial charge in [-0.05, 0) is 12.5 Å². The summed E-state index contributed by atoms with van der Waals surface area (Å²) in [4.78, 5) is 46.1. The van der Waals surface area contributed by atoms with E-state index in [0.29, 0.717) is 12.8 Å². The van der Waals surface area contributed by atoms with Crippen LogP contribution in [0.15, 0.2) is 0 Å². The van der Waals surface area contributed by atoms with Crippen LogP contribution in [0.1, 0.15) is 12.8 Å². The molecule has 2 unspecified atom stereocenters. The highest BCUT2D eigenvalue weighted by Crippen LogP contribution is 2.21. The quantitative estimate of drug-likeness (QED) is 0.678. The maximum Gasteiger partial charge on any atom is 0.242 e. The van der Waals surface area contributed by atoms with Gasteiger partial charge in [-0.3, -0.25) is 29.0 Å². The third kappa shape index (κ3) is 3.54. The van der Waals surface area contributed by atoms with E-state index in [-0.39, 0.29) is 34.1 Å². The summed E-state index contributed by atoms with van der Waals surface area (Å²) in [5.41, 5.74) is 0. The molecule has 2 aliphatic heterocycles. The van der Waals surface area contributed by atoms with E-state index in [1.807, 2.05) is 12.5 Å². The summed E-state index contributed by atoms with van der Waals surface area (Å²) in [5.74, 6) is -0.247. The molecule has 20 heavy (non-hydrogen) atoms. The Morgan fingerprint density at radius 2 is 1.10 bits per heavy atom. The molecule has 0 saturated carbocycles. The molecular formula is C12H18N2O4S2. The maximum absolute atomic E-state index is 11.0. The van der Waals surface area contributed by atoms with Gasteiger partial charge in [-0.1, -0.05) is 0 Å². The molecule has 0 aromatic rings. The van der Waals surface area contributed by atoms with Crippen LogP contribution in [-0.2, 0) is 19.2 Å². The van der Waals surface area contributed by atoms with Crippen LogP contribution in [0.4, 0.5) is 0 Å². The van der Waals surface area contributed by atoms with E-state index in [1.54, 1.807) is 0 Å². The number of thioether (sulfide) groups is 2. The first kappa shape index (κ1) is 17.0. The van der Waals surface area contributed by atoms with Crippen LogP contribution >= 0.6 is 23.5 Å². The predicted octanol–water partition coefficient (Wildman–Crippen LogP) is 0.213. The van der Waals surface area contributed by atoms with Crippen molar-refractivity contribution < 1.29 is 19.2 Å². The van der Waals surface area contributed by atoms with Gasteiger partial charge in [-0.25, -0.2) is 0 Å². The number of likely N-dealkylation sites (tertiary alicyclic amines) is 2. The molecule has 0 aromatic carbocycles. The van der Waals surface area contributed by atoms with Crippen molar-refractivity contribution in [1.29, 1.82) is 0 Å². The molecule has 0 aromatic heterocycles. The van der Waals surface area contributed by atoms with Crippen LogP contribution in [0.2, 0.25) is 0 Å². The van der Waals surface area contributed by atoms with Gasteiger partial charge in [0.1, 0.15) is 0 Å². The minimum Gasteiger partial charge on any atom is -0.285 e. The lowest BCUT2D eigenvalue weighted by Gasteiger charge is -2.04. The van der Waals surface area contributed by atoms with E-state index in [9.17, 15) is 19.2 Å². The first-order chi connectivity index (χ1) is 9.33. The topological polar surface area (TPSA) is 74.8 Å². The number of carbonyl (C=O) groups is 4. The average Bonchev–Trinajstić information content (AvgIpc) is 2.84. The van der Waals surface area contributed by atoms with E-state index < -0.39 is 0 Å². The van der Waals surface area contributed by atoms with Crippen LogP contribution in [0.5, 0.6) is 0 Å². The van der Waals surface area contributed by atoms with Crippen LogP contribution in [0.25, 0.3) is 0 Å². The molecule has 2 saturated heterocycles. The molecule has 2 heterocycles. The van der Waals surface area contributed by atoms with E-state index in [1.165, 1.54) is 47.4 Å². The molecule has 0 bridgehead atoms. The van der Waals surface area contributed by atoms with Crippen LogP contribution in [0.3, 0.4) is 0 Å². The lowest BCUT2D eigenvalue weighted by atomic mass is 10.4. The molecule has 0 spiro atoms. The molecule has 2 rings (SSSR count). The summed E-state index contributed by atoms with van der Waals surface area (Å²) in [5, 5.41) is -0.255. The summed E-state index contributed by atoms with van der Waals surface area (Å²) in [6.07, 6.45) is 4.43. The van der Waals surface area contributed by atoms with Gasteiger partial charge in [0.25, 0.3) is 0 Å². The summed E-state index contributed by atoms with van der Waals surface area (Å²) in [7, 11) is 3.06. The molecule has 4 amide bonds. The number of rotatable bonds is 2. The second-order valence-electron chi connectivity index (χ2n) is 4.44.